The number of thiazole rings is 1. The number of amides is 1. The predicted octanol–water partition coefficient (Wildman–Crippen LogP) is 4.31. The molecule has 0 aliphatic heterocycles. The molecule has 3 rings (SSSR count). The van der Waals surface area contributed by atoms with Crippen LogP contribution in [0.1, 0.15) is 12.6 Å². The van der Waals surface area contributed by atoms with E-state index in [9.17, 15) is 14.9 Å². The van der Waals surface area contributed by atoms with E-state index in [1.165, 1.54) is 35.3 Å². The van der Waals surface area contributed by atoms with Gasteiger partial charge in [0.05, 0.1) is 16.3 Å². The fourth-order valence-corrected chi connectivity index (χ4v) is 3.22. The molecule has 0 atom stereocenters. The summed E-state index contributed by atoms with van der Waals surface area (Å²) in [4.78, 5) is 28.5. The molecule has 0 fully saturated rings. The van der Waals surface area contributed by atoms with Crippen molar-refractivity contribution >= 4 is 33.8 Å². The molecule has 3 aromatic rings. The summed E-state index contributed by atoms with van der Waals surface area (Å²) in [6.45, 7) is 1.54. The molecule has 0 radical (unpaired) electrons. The largest absolute Gasteiger partial charge is 0.480 e. The molecule has 1 heterocycles. The molecular formula is C18H15N3O4S. The Hall–Kier alpha value is -3.26. The Bertz CT molecular complexity index is 927. The number of carbonyl (C=O) groups is 1. The van der Waals surface area contributed by atoms with Gasteiger partial charge in [-0.25, -0.2) is 4.98 Å². The molecule has 0 N–H and O–H groups in total. The van der Waals surface area contributed by atoms with Crippen molar-refractivity contribution < 1.29 is 14.5 Å². The highest BCUT2D eigenvalue weighted by atomic mass is 32.1. The first-order valence-electron chi connectivity index (χ1n) is 7.72. The van der Waals surface area contributed by atoms with E-state index in [0.29, 0.717) is 10.8 Å². The van der Waals surface area contributed by atoms with Crippen LogP contribution in [0.3, 0.4) is 0 Å². The van der Waals surface area contributed by atoms with Gasteiger partial charge in [-0.15, -0.1) is 11.3 Å². The SMILES string of the molecule is CC(=O)N(c1ccccc1)c1nc(COc2ccccc2[N+](=O)[O-])cs1. The van der Waals surface area contributed by atoms with Gasteiger partial charge < -0.3 is 4.74 Å². The van der Waals surface area contributed by atoms with Gasteiger partial charge in [0.1, 0.15) is 6.61 Å². The number of hydrogen-bond donors (Lipinski definition) is 0. The van der Waals surface area contributed by atoms with Crippen LogP contribution in [0.25, 0.3) is 0 Å². The Kier molecular flexibility index (Phi) is 5.23. The first-order valence-corrected chi connectivity index (χ1v) is 8.60. The van der Waals surface area contributed by atoms with Gasteiger partial charge in [-0.2, -0.15) is 0 Å². The van der Waals surface area contributed by atoms with E-state index < -0.39 is 4.92 Å². The average Bonchev–Trinajstić information content (AvgIpc) is 3.09. The van der Waals surface area contributed by atoms with Crippen LogP contribution in [0.5, 0.6) is 5.75 Å². The van der Waals surface area contributed by atoms with E-state index in [-0.39, 0.29) is 24.0 Å². The summed E-state index contributed by atoms with van der Waals surface area (Å²) in [7, 11) is 0. The Morgan fingerprint density at radius 1 is 1.19 bits per heavy atom. The lowest BCUT2D eigenvalue weighted by atomic mass is 10.3. The van der Waals surface area contributed by atoms with E-state index in [2.05, 4.69) is 4.98 Å². The van der Waals surface area contributed by atoms with Crippen molar-refractivity contribution in [1.82, 2.24) is 4.98 Å². The zero-order chi connectivity index (χ0) is 18.5. The Labute approximate surface area is 153 Å². The molecule has 8 heteroatoms. The third kappa shape index (κ3) is 3.86. The monoisotopic (exact) mass is 369 g/mol. The van der Waals surface area contributed by atoms with E-state index in [0.717, 1.165) is 5.69 Å². The zero-order valence-electron chi connectivity index (χ0n) is 13.9. The van der Waals surface area contributed by atoms with Gasteiger partial charge in [-0.1, -0.05) is 30.3 Å². The van der Waals surface area contributed by atoms with E-state index in [1.807, 2.05) is 30.3 Å². The van der Waals surface area contributed by atoms with Crippen LogP contribution in [0.15, 0.2) is 60.0 Å². The highest BCUT2D eigenvalue weighted by Crippen LogP contribution is 2.30. The second kappa shape index (κ2) is 7.75. The third-order valence-corrected chi connectivity index (χ3v) is 4.37. The highest BCUT2D eigenvalue weighted by molar-refractivity contribution is 7.14. The molecule has 0 aliphatic carbocycles. The second-order valence-electron chi connectivity index (χ2n) is 5.32. The lowest BCUT2D eigenvalue weighted by Gasteiger charge is -2.17. The molecule has 2 aromatic carbocycles. The first kappa shape index (κ1) is 17.6. The maximum atomic E-state index is 12.0. The van der Waals surface area contributed by atoms with Crippen molar-refractivity contribution in [1.29, 1.82) is 0 Å². The maximum Gasteiger partial charge on any atom is 0.310 e. The maximum absolute atomic E-state index is 12.0. The quantitative estimate of drug-likeness (QED) is 0.477. The van der Waals surface area contributed by atoms with Crippen LogP contribution in [0.2, 0.25) is 0 Å². The summed E-state index contributed by atoms with van der Waals surface area (Å²) < 4.78 is 5.54. The van der Waals surface area contributed by atoms with Crippen LogP contribution < -0.4 is 9.64 Å². The normalized spacial score (nSPS) is 10.3. The molecule has 0 saturated carbocycles. The molecule has 7 nitrogen and oxygen atoms in total. The minimum atomic E-state index is -0.491. The number of para-hydroxylation sites is 3. The van der Waals surface area contributed by atoms with Gasteiger partial charge in [0, 0.05) is 18.4 Å². The van der Waals surface area contributed by atoms with E-state index in [1.54, 1.807) is 17.5 Å². The number of hydrogen-bond acceptors (Lipinski definition) is 6. The summed E-state index contributed by atoms with van der Waals surface area (Å²) in [5.41, 5.74) is 1.21. The van der Waals surface area contributed by atoms with Gasteiger partial charge >= 0.3 is 5.69 Å². The fraction of sp³-hybridized carbons (Fsp3) is 0.111. The number of nitrogens with zero attached hydrogens (tertiary/aromatic N) is 3. The molecule has 26 heavy (non-hydrogen) atoms. The smallest absolute Gasteiger partial charge is 0.310 e. The Morgan fingerprint density at radius 2 is 1.88 bits per heavy atom. The predicted molar refractivity (Wildman–Crippen MR) is 98.8 cm³/mol. The molecule has 132 valence electrons. The molecule has 0 saturated heterocycles. The van der Waals surface area contributed by atoms with Crippen molar-refractivity contribution in [3.05, 3.63) is 75.8 Å². The number of ether oxygens (including phenoxy) is 1. The van der Waals surface area contributed by atoms with Gasteiger partial charge in [0.15, 0.2) is 10.9 Å². The minimum absolute atomic E-state index is 0.0713. The summed E-state index contributed by atoms with van der Waals surface area (Å²) in [5, 5.41) is 13.3. The minimum Gasteiger partial charge on any atom is -0.480 e. The number of anilines is 2. The van der Waals surface area contributed by atoms with Crippen LogP contribution in [0.4, 0.5) is 16.5 Å². The molecule has 0 aliphatic rings. The first-order chi connectivity index (χ1) is 12.6. The van der Waals surface area contributed by atoms with Crippen molar-refractivity contribution in [3.8, 4) is 5.75 Å². The summed E-state index contributed by atoms with van der Waals surface area (Å²) in [6.07, 6.45) is 0. The molecule has 1 aromatic heterocycles. The lowest BCUT2D eigenvalue weighted by molar-refractivity contribution is -0.385. The third-order valence-electron chi connectivity index (χ3n) is 3.50. The summed E-state index contributed by atoms with van der Waals surface area (Å²) in [5.74, 6) is 0.0234. The van der Waals surface area contributed by atoms with Crippen molar-refractivity contribution in [2.45, 2.75) is 13.5 Å². The van der Waals surface area contributed by atoms with Crippen LogP contribution in [-0.4, -0.2) is 15.8 Å². The van der Waals surface area contributed by atoms with Crippen LogP contribution >= 0.6 is 11.3 Å². The van der Waals surface area contributed by atoms with Crippen molar-refractivity contribution in [2.75, 3.05) is 4.90 Å². The number of carbonyl (C=O) groups excluding carboxylic acids is 1. The molecular weight excluding hydrogens is 354 g/mol. The fourth-order valence-electron chi connectivity index (χ4n) is 2.35. The molecule has 1 amide bonds. The number of benzene rings is 2. The number of rotatable bonds is 6. The van der Waals surface area contributed by atoms with Crippen LogP contribution in [-0.2, 0) is 11.4 Å². The summed E-state index contributed by atoms with van der Waals surface area (Å²) in [6, 6.07) is 15.4. The standard InChI is InChI=1S/C18H15N3O4S/c1-13(22)20(15-7-3-2-4-8-15)18-19-14(12-26-18)11-25-17-10-6-5-9-16(17)21(23)24/h2-10,12H,11H2,1H3. The van der Waals surface area contributed by atoms with E-state index >= 15 is 0 Å². The lowest BCUT2D eigenvalue weighted by Crippen LogP contribution is -2.22. The number of nitro benzene ring substituents is 1. The molecule has 0 bridgehead atoms. The molecule has 0 unspecified atom stereocenters. The van der Waals surface area contributed by atoms with Gasteiger partial charge in [0.25, 0.3) is 0 Å². The van der Waals surface area contributed by atoms with E-state index in [4.69, 9.17) is 4.74 Å². The second-order valence-corrected chi connectivity index (χ2v) is 6.16. The Balaban J connectivity index is 1.78. The van der Waals surface area contributed by atoms with Crippen LogP contribution in [0, 0.1) is 10.1 Å². The molecule has 0 spiro atoms. The topological polar surface area (TPSA) is 85.6 Å². The van der Waals surface area contributed by atoms with Crippen molar-refractivity contribution in [3.63, 3.8) is 0 Å². The highest BCUT2D eigenvalue weighted by Gasteiger charge is 2.18. The number of nitro groups is 1. The summed E-state index contributed by atoms with van der Waals surface area (Å²) >= 11 is 1.31. The number of aromatic nitrogens is 1. The van der Waals surface area contributed by atoms with Crippen molar-refractivity contribution in [2.24, 2.45) is 0 Å². The average molecular weight is 369 g/mol. The van der Waals surface area contributed by atoms with Gasteiger partial charge in [-0.3, -0.25) is 19.8 Å². The van der Waals surface area contributed by atoms with Gasteiger partial charge in [0.2, 0.25) is 5.91 Å². The Morgan fingerprint density at radius 3 is 2.58 bits per heavy atom. The van der Waals surface area contributed by atoms with Gasteiger partial charge in [-0.05, 0) is 18.2 Å². The zero-order valence-corrected chi connectivity index (χ0v) is 14.7.